The molecule has 0 spiro atoms. The van der Waals surface area contributed by atoms with Gasteiger partial charge in [-0.25, -0.2) is 0 Å². The van der Waals surface area contributed by atoms with Gasteiger partial charge in [-0.3, -0.25) is 4.79 Å². The number of ether oxygens (including phenoxy) is 1. The number of allylic oxidation sites excluding steroid dienone is 1. The second-order valence-electron chi connectivity index (χ2n) is 5.15. The Morgan fingerprint density at radius 2 is 2.27 bits per heavy atom. The van der Waals surface area contributed by atoms with E-state index in [1.54, 1.807) is 0 Å². The predicted molar refractivity (Wildman–Crippen MR) is 59.4 cm³/mol. The van der Waals surface area contributed by atoms with Crippen LogP contribution in [0, 0.1) is 5.41 Å². The van der Waals surface area contributed by atoms with Gasteiger partial charge < -0.3 is 4.74 Å². The first kappa shape index (κ1) is 10.7. The zero-order valence-electron chi connectivity index (χ0n) is 9.71. The van der Waals surface area contributed by atoms with Gasteiger partial charge in [-0.1, -0.05) is 18.9 Å². The van der Waals surface area contributed by atoms with Gasteiger partial charge in [-0.2, -0.15) is 0 Å². The molecule has 0 N–H and O–H groups in total. The summed E-state index contributed by atoms with van der Waals surface area (Å²) in [5, 5.41) is 0. The van der Waals surface area contributed by atoms with E-state index in [9.17, 15) is 4.79 Å². The summed E-state index contributed by atoms with van der Waals surface area (Å²) < 4.78 is 5.27. The van der Waals surface area contributed by atoms with Gasteiger partial charge in [0.2, 0.25) is 0 Å². The van der Waals surface area contributed by atoms with Crippen LogP contribution in [0.5, 0.6) is 0 Å². The van der Waals surface area contributed by atoms with Gasteiger partial charge in [0.1, 0.15) is 6.10 Å². The quantitative estimate of drug-likeness (QED) is 0.488. The molecule has 0 aliphatic heterocycles. The van der Waals surface area contributed by atoms with E-state index in [2.05, 4.69) is 13.0 Å². The summed E-state index contributed by atoms with van der Waals surface area (Å²) in [4.78, 5) is 10.9. The third-order valence-electron chi connectivity index (χ3n) is 3.88. The van der Waals surface area contributed by atoms with E-state index in [1.165, 1.54) is 44.6 Å². The molecule has 0 radical (unpaired) electrons. The van der Waals surface area contributed by atoms with Crippen LogP contribution in [0.25, 0.3) is 0 Å². The summed E-state index contributed by atoms with van der Waals surface area (Å²) in [5.41, 5.74) is 1.95. The molecule has 0 aromatic rings. The number of hydrogen-bond acceptors (Lipinski definition) is 2. The molecule has 2 atom stereocenters. The number of hydrogen-bond donors (Lipinski definition) is 0. The van der Waals surface area contributed by atoms with Crippen molar-refractivity contribution in [2.75, 3.05) is 0 Å². The van der Waals surface area contributed by atoms with Crippen molar-refractivity contribution in [1.82, 2.24) is 0 Å². The zero-order valence-corrected chi connectivity index (χ0v) is 9.71. The first-order valence-corrected chi connectivity index (χ1v) is 5.98. The Morgan fingerprint density at radius 3 is 3.00 bits per heavy atom. The van der Waals surface area contributed by atoms with Gasteiger partial charge >= 0.3 is 5.97 Å². The monoisotopic (exact) mass is 208 g/mol. The number of carbonyl (C=O) groups excluding carboxylic acids is 1. The number of fused-ring (bicyclic) bond motifs is 1. The van der Waals surface area contributed by atoms with E-state index in [4.69, 9.17) is 4.74 Å². The molecular weight excluding hydrogens is 188 g/mol. The maximum atomic E-state index is 10.9. The van der Waals surface area contributed by atoms with Crippen molar-refractivity contribution in [2.24, 2.45) is 5.41 Å². The Labute approximate surface area is 91.7 Å². The van der Waals surface area contributed by atoms with Crippen LogP contribution >= 0.6 is 0 Å². The summed E-state index contributed by atoms with van der Waals surface area (Å²) >= 11 is 0. The van der Waals surface area contributed by atoms with Gasteiger partial charge in [-0.15, -0.1) is 0 Å². The lowest BCUT2D eigenvalue weighted by Crippen LogP contribution is -2.31. The van der Waals surface area contributed by atoms with Gasteiger partial charge in [0.15, 0.2) is 0 Å². The fraction of sp³-hybridized carbons (Fsp3) is 0.769. The van der Waals surface area contributed by atoms with E-state index in [-0.39, 0.29) is 12.1 Å². The molecule has 0 aromatic heterocycles. The summed E-state index contributed by atoms with van der Waals surface area (Å²) in [6.07, 6.45) is 9.60. The third kappa shape index (κ3) is 2.24. The molecular formula is C13H20O2. The lowest BCUT2D eigenvalue weighted by molar-refractivity contribution is -0.145. The van der Waals surface area contributed by atoms with Crippen LogP contribution in [-0.4, -0.2) is 12.1 Å². The molecule has 0 unspecified atom stereocenters. The minimum absolute atomic E-state index is 0.0451. The Balaban J connectivity index is 2.11. The molecule has 1 fully saturated rings. The highest BCUT2D eigenvalue weighted by Gasteiger charge is 2.35. The number of esters is 1. The van der Waals surface area contributed by atoms with E-state index >= 15 is 0 Å². The molecule has 2 rings (SSSR count). The van der Waals surface area contributed by atoms with Crippen molar-refractivity contribution < 1.29 is 9.53 Å². The standard InChI is InChI=1S/C13H20O2/c1-10(14)15-12-6-8-13(2)7-4-3-5-11(13)9-12/h9,12H,3-8H2,1-2H3/t12-,13+/m1/s1. The Kier molecular flexibility index (Phi) is 2.85. The van der Waals surface area contributed by atoms with Crippen LogP contribution in [0.15, 0.2) is 11.6 Å². The fourth-order valence-corrected chi connectivity index (χ4v) is 2.94. The van der Waals surface area contributed by atoms with Gasteiger partial charge in [0.05, 0.1) is 0 Å². The first-order chi connectivity index (χ1) is 7.10. The van der Waals surface area contributed by atoms with E-state index in [0.29, 0.717) is 5.41 Å². The first-order valence-electron chi connectivity index (χ1n) is 5.98. The Bertz CT molecular complexity index is 293. The highest BCUT2D eigenvalue weighted by molar-refractivity contribution is 5.66. The number of carbonyl (C=O) groups is 1. The van der Waals surface area contributed by atoms with Gasteiger partial charge in [0.25, 0.3) is 0 Å². The smallest absolute Gasteiger partial charge is 0.303 e. The van der Waals surface area contributed by atoms with Crippen LogP contribution < -0.4 is 0 Å². The Hall–Kier alpha value is -0.790. The lowest BCUT2D eigenvalue weighted by Gasteiger charge is -2.41. The molecule has 84 valence electrons. The normalized spacial score (nSPS) is 35.3. The van der Waals surface area contributed by atoms with Crippen LogP contribution in [0.3, 0.4) is 0 Å². The lowest BCUT2D eigenvalue weighted by atomic mass is 9.66. The van der Waals surface area contributed by atoms with E-state index in [0.717, 1.165) is 6.42 Å². The van der Waals surface area contributed by atoms with Crippen molar-refractivity contribution in [3.63, 3.8) is 0 Å². The molecule has 2 heteroatoms. The van der Waals surface area contributed by atoms with Crippen LogP contribution in [-0.2, 0) is 9.53 Å². The van der Waals surface area contributed by atoms with Gasteiger partial charge in [-0.05, 0) is 43.6 Å². The highest BCUT2D eigenvalue weighted by atomic mass is 16.5. The Morgan fingerprint density at radius 1 is 1.47 bits per heavy atom. The highest BCUT2D eigenvalue weighted by Crippen LogP contribution is 2.47. The second kappa shape index (κ2) is 3.99. The second-order valence-corrected chi connectivity index (χ2v) is 5.15. The largest absolute Gasteiger partial charge is 0.458 e. The molecule has 1 saturated carbocycles. The van der Waals surface area contributed by atoms with Crippen LogP contribution in [0.2, 0.25) is 0 Å². The average molecular weight is 208 g/mol. The van der Waals surface area contributed by atoms with Crippen LogP contribution in [0.1, 0.15) is 52.4 Å². The SMILES string of the molecule is CC(=O)O[C@H]1C=C2CCCC[C@@]2(C)CC1. The molecule has 0 aromatic carbocycles. The molecule has 0 amide bonds. The van der Waals surface area contributed by atoms with Crippen molar-refractivity contribution in [2.45, 2.75) is 58.5 Å². The fourth-order valence-electron chi connectivity index (χ4n) is 2.94. The van der Waals surface area contributed by atoms with Crippen molar-refractivity contribution in [1.29, 1.82) is 0 Å². The topological polar surface area (TPSA) is 26.3 Å². The van der Waals surface area contributed by atoms with Crippen LogP contribution in [0.4, 0.5) is 0 Å². The molecule has 0 bridgehead atoms. The third-order valence-corrected chi connectivity index (χ3v) is 3.88. The summed E-state index contributed by atoms with van der Waals surface area (Å²) in [6.45, 7) is 3.86. The molecule has 2 aliphatic rings. The van der Waals surface area contributed by atoms with Gasteiger partial charge in [0, 0.05) is 6.92 Å². The molecule has 15 heavy (non-hydrogen) atoms. The maximum Gasteiger partial charge on any atom is 0.303 e. The summed E-state index contributed by atoms with van der Waals surface area (Å²) in [5.74, 6) is -0.156. The average Bonchev–Trinajstić information content (AvgIpc) is 2.17. The summed E-state index contributed by atoms with van der Waals surface area (Å²) in [7, 11) is 0. The van der Waals surface area contributed by atoms with Crippen molar-refractivity contribution in [3.05, 3.63) is 11.6 Å². The van der Waals surface area contributed by atoms with E-state index in [1.807, 2.05) is 0 Å². The maximum absolute atomic E-state index is 10.9. The van der Waals surface area contributed by atoms with Crippen molar-refractivity contribution in [3.8, 4) is 0 Å². The zero-order chi connectivity index (χ0) is 10.9. The predicted octanol–water partition coefficient (Wildman–Crippen LogP) is 3.22. The molecule has 2 aliphatic carbocycles. The van der Waals surface area contributed by atoms with E-state index < -0.39 is 0 Å². The minimum Gasteiger partial charge on any atom is -0.458 e. The van der Waals surface area contributed by atoms with Crippen molar-refractivity contribution >= 4 is 5.97 Å². The number of rotatable bonds is 1. The molecule has 2 nitrogen and oxygen atoms in total. The summed E-state index contributed by atoms with van der Waals surface area (Å²) in [6, 6.07) is 0. The minimum atomic E-state index is -0.156. The molecule has 0 heterocycles. The molecule has 0 saturated heterocycles.